The Hall–Kier alpha value is -3.06. The van der Waals surface area contributed by atoms with Gasteiger partial charge in [0.05, 0.1) is 24.6 Å². The lowest BCUT2D eigenvalue weighted by atomic mass is 10.1. The lowest BCUT2D eigenvalue weighted by Gasteiger charge is -2.16. The van der Waals surface area contributed by atoms with Crippen molar-refractivity contribution in [2.75, 3.05) is 12.8 Å². The lowest BCUT2D eigenvalue weighted by Crippen LogP contribution is -2.28. The summed E-state index contributed by atoms with van der Waals surface area (Å²) in [6, 6.07) is 9.87. The van der Waals surface area contributed by atoms with Crippen LogP contribution < -0.4 is 16.0 Å². The molecule has 7 nitrogen and oxygen atoms in total. The van der Waals surface area contributed by atoms with E-state index in [4.69, 9.17) is 26.8 Å². The van der Waals surface area contributed by atoms with Gasteiger partial charge in [-0.1, -0.05) is 11.6 Å². The topological polar surface area (TPSA) is 96.4 Å². The molecule has 2 aromatic heterocycles. The Kier molecular flexibility index (Phi) is 5.05. The number of hydrogen-bond acceptors (Lipinski definition) is 6. The molecule has 0 aliphatic heterocycles. The van der Waals surface area contributed by atoms with Crippen LogP contribution in [0.4, 0.5) is 5.69 Å². The van der Waals surface area contributed by atoms with Gasteiger partial charge in [-0.2, -0.15) is 4.98 Å². The number of aromatic nitrogens is 2. The molecule has 8 heteroatoms. The van der Waals surface area contributed by atoms with Gasteiger partial charge in [0.1, 0.15) is 5.56 Å². The SMILES string of the molecule is COC(=O)c1c(N)c2ccc(OC(C)C)nc2n(-c2ccc(Cl)cc2)c1=O. The normalized spacial score (nSPS) is 11.0. The fourth-order valence-corrected chi connectivity index (χ4v) is 2.83. The second-order valence-electron chi connectivity index (χ2n) is 6.08. The van der Waals surface area contributed by atoms with Crippen LogP contribution in [0.15, 0.2) is 41.2 Å². The maximum atomic E-state index is 13.1. The molecule has 0 spiro atoms. The summed E-state index contributed by atoms with van der Waals surface area (Å²) >= 11 is 5.95. The molecule has 0 amide bonds. The average molecular weight is 388 g/mol. The quantitative estimate of drug-likeness (QED) is 0.690. The third kappa shape index (κ3) is 3.46. The molecule has 0 fully saturated rings. The van der Waals surface area contributed by atoms with E-state index >= 15 is 0 Å². The molecule has 0 radical (unpaired) electrons. The summed E-state index contributed by atoms with van der Waals surface area (Å²) in [7, 11) is 1.19. The number of anilines is 1. The number of rotatable bonds is 4. The fraction of sp³-hybridized carbons (Fsp3) is 0.211. The minimum atomic E-state index is -0.815. The van der Waals surface area contributed by atoms with Crippen molar-refractivity contribution >= 4 is 34.3 Å². The summed E-state index contributed by atoms with van der Waals surface area (Å²) in [5.74, 6) is -0.477. The molecule has 0 saturated heterocycles. The second kappa shape index (κ2) is 7.28. The number of carbonyl (C=O) groups excluding carboxylic acids is 1. The molecule has 3 rings (SSSR count). The average Bonchev–Trinajstić information content (AvgIpc) is 2.62. The molecule has 0 bridgehead atoms. The van der Waals surface area contributed by atoms with Crippen LogP contribution in [0.1, 0.15) is 24.2 Å². The highest BCUT2D eigenvalue weighted by Crippen LogP contribution is 2.27. The molecule has 0 atom stereocenters. The second-order valence-corrected chi connectivity index (χ2v) is 6.52. The van der Waals surface area contributed by atoms with Crippen molar-refractivity contribution < 1.29 is 14.3 Å². The standard InChI is InChI=1S/C19H18ClN3O4/c1-10(2)27-14-9-8-13-16(21)15(19(25)26-3)18(24)23(17(13)22-14)12-6-4-11(20)5-7-12/h4-10H,21H2,1-3H3. The van der Waals surface area contributed by atoms with Gasteiger partial charge in [0.2, 0.25) is 5.88 Å². The Labute approximate surface area is 160 Å². The molecule has 0 aliphatic rings. The Morgan fingerprint density at radius 2 is 1.85 bits per heavy atom. The summed E-state index contributed by atoms with van der Waals surface area (Å²) in [6.07, 6.45) is -0.0997. The van der Waals surface area contributed by atoms with Crippen molar-refractivity contribution in [3.8, 4) is 11.6 Å². The van der Waals surface area contributed by atoms with Gasteiger partial charge < -0.3 is 15.2 Å². The molecule has 0 unspecified atom stereocenters. The number of nitrogens with two attached hydrogens (primary N) is 1. The van der Waals surface area contributed by atoms with Crippen LogP contribution in [0.25, 0.3) is 16.7 Å². The third-order valence-electron chi connectivity index (χ3n) is 3.87. The Bertz CT molecular complexity index is 1070. The van der Waals surface area contributed by atoms with Crippen LogP contribution in [0.3, 0.4) is 0 Å². The van der Waals surface area contributed by atoms with Crippen molar-refractivity contribution in [2.45, 2.75) is 20.0 Å². The maximum Gasteiger partial charge on any atom is 0.345 e. The summed E-state index contributed by atoms with van der Waals surface area (Å²) in [6.45, 7) is 3.74. The van der Waals surface area contributed by atoms with Gasteiger partial charge in [-0.3, -0.25) is 9.36 Å². The third-order valence-corrected chi connectivity index (χ3v) is 4.12. The minimum absolute atomic E-state index is 0.00987. The van der Waals surface area contributed by atoms with Gasteiger partial charge in [0.15, 0.2) is 5.65 Å². The zero-order valence-electron chi connectivity index (χ0n) is 15.0. The molecule has 0 aliphatic carbocycles. The van der Waals surface area contributed by atoms with Gasteiger partial charge in [-0.05, 0) is 44.2 Å². The summed E-state index contributed by atoms with van der Waals surface area (Å²) in [5.41, 5.74) is 5.98. The number of halogens is 1. The Balaban J connectivity index is 2.42. The number of methoxy groups -OCH3 is 1. The first-order valence-corrected chi connectivity index (χ1v) is 8.57. The van der Waals surface area contributed by atoms with E-state index in [2.05, 4.69) is 4.98 Å². The van der Waals surface area contributed by atoms with E-state index in [0.29, 0.717) is 22.0 Å². The number of ether oxygens (including phenoxy) is 2. The van der Waals surface area contributed by atoms with E-state index in [9.17, 15) is 9.59 Å². The Morgan fingerprint density at radius 3 is 2.44 bits per heavy atom. The predicted octanol–water partition coefficient (Wildman–Crippen LogP) is 3.20. The lowest BCUT2D eigenvalue weighted by molar-refractivity contribution is 0.0600. The highest BCUT2D eigenvalue weighted by atomic mass is 35.5. The van der Waals surface area contributed by atoms with Crippen molar-refractivity contribution in [1.29, 1.82) is 0 Å². The number of carbonyl (C=O) groups is 1. The summed E-state index contributed by atoms with van der Waals surface area (Å²) in [4.78, 5) is 29.7. The van der Waals surface area contributed by atoms with E-state index in [0.717, 1.165) is 0 Å². The van der Waals surface area contributed by atoms with Crippen molar-refractivity contribution in [2.24, 2.45) is 0 Å². The minimum Gasteiger partial charge on any atom is -0.475 e. The molecular weight excluding hydrogens is 370 g/mol. The molecule has 1 aromatic carbocycles. The van der Waals surface area contributed by atoms with Crippen LogP contribution in [-0.4, -0.2) is 28.7 Å². The number of benzene rings is 1. The number of pyridine rings is 2. The van der Waals surface area contributed by atoms with Gasteiger partial charge in [-0.25, -0.2) is 4.79 Å². The molecule has 0 saturated carbocycles. The molecule has 3 aromatic rings. The van der Waals surface area contributed by atoms with Crippen LogP contribution in [0, 0.1) is 0 Å². The summed E-state index contributed by atoms with van der Waals surface area (Å²) < 4.78 is 11.7. The molecule has 2 N–H and O–H groups in total. The van der Waals surface area contributed by atoms with E-state index in [1.165, 1.54) is 11.7 Å². The number of nitrogen functional groups attached to an aromatic ring is 1. The zero-order chi connectivity index (χ0) is 19.7. The van der Waals surface area contributed by atoms with E-state index in [1.807, 2.05) is 13.8 Å². The largest absolute Gasteiger partial charge is 0.475 e. The predicted molar refractivity (Wildman–Crippen MR) is 104 cm³/mol. The van der Waals surface area contributed by atoms with Gasteiger partial charge in [-0.15, -0.1) is 0 Å². The van der Waals surface area contributed by atoms with E-state index < -0.39 is 11.5 Å². The van der Waals surface area contributed by atoms with Crippen LogP contribution >= 0.6 is 11.6 Å². The van der Waals surface area contributed by atoms with Gasteiger partial charge in [0, 0.05) is 16.5 Å². The number of fused-ring (bicyclic) bond motifs is 1. The summed E-state index contributed by atoms with van der Waals surface area (Å²) in [5, 5.41) is 0.942. The molecule has 2 heterocycles. The Morgan fingerprint density at radius 1 is 1.19 bits per heavy atom. The molecule has 140 valence electrons. The van der Waals surface area contributed by atoms with Crippen LogP contribution in [0.2, 0.25) is 5.02 Å². The number of nitrogens with zero attached hydrogens (tertiary/aromatic N) is 2. The highest BCUT2D eigenvalue weighted by Gasteiger charge is 2.23. The van der Waals surface area contributed by atoms with Gasteiger partial charge in [0.25, 0.3) is 5.56 Å². The van der Waals surface area contributed by atoms with Crippen LogP contribution in [0.5, 0.6) is 5.88 Å². The molecule has 27 heavy (non-hydrogen) atoms. The van der Waals surface area contributed by atoms with Crippen molar-refractivity contribution in [3.05, 3.63) is 57.3 Å². The number of hydrogen-bond donors (Lipinski definition) is 1. The van der Waals surface area contributed by atoms with Crippen molar-refractivity contribution in [3.63, 3.8) is 0 Å². The van der Waals surface area contributed by atoms with Gasteiger partial charge >= 0.3 is 5.97 Å². The number of esters is 1. The fourth-order valence-electron chi connectivity index (χ4n) is 2.71. The zero-order valence-corrected chi connectivity index (χ0v) is 15.8. The highest BCUT2D eigenvalue weighted by molar-refractivity contribution is 6.30. The first kappa shape index (κ1) is 18.7. The monoisotopic (exact) mass is 387 g/mol. The first-order chi connectivity index (χ1) is 12.8. The van der Waals surface area contributed by atoms with E-state index in [1.54, 1.807) is 36.4 Å². The van der Waals surface area contributed by atoms with Crippen LogP contribution in [-0.2, 0) is 4.74 Å². The first-order valence-electron chi connectivity index (χ1n) is 8.19. The van der Waals surface area contributed by atoms with Crippen molar-refractivity contribution in [1.82, 2.24) is 9.55 Å². The van der Waals surface area contributed by atoms with E-state index in [-0.39, 0.29) is 23.0 Å². The maximum absolute atomic E-state index is 13.1. The smallest absolute Gasteiger partial charge is 0.345 e. The molecular formula is C19H18ClN3O4.